The van der Waals surface area contributed by atoms with E-state index in [0.29, 0.717) is 16.8 Å². The van der Waals surface area contributed by atoms with Gasteiger partial charge in [-0.25, -0.2) is 0 Å². The fourth-order valence-corrected chi connectivity index (χ4v) is 2.25. The summed E-state index contributed by atoms with van der Waals surface area (Å²) >= 11 is 0. The summed E-state index contributed by atoms with van der Waals surface area (Å²) in [6.07, 6.45) is 4.81. The molecular weight excluding hydrogens is 268 g/mol. The Morgan fingerprint density at radius 3 is 3.05 bits per heavy atom. The number of furan rings is 1. The number of amides is 1. The van der Waals surface area contributed by atoms with Gasteiger partial charge in [0.15, 0.2) is 5.65 Å². The van der Waals surface area contributed by atoms with Crippen LogP contribution >= 0.6 is 0 Å². The number of fused-ring (bicyclic) bond motifs is 2. The van der Waals surface area contributed by atoms with Crippen molar-refractivity contribution in [1.29, 1.82) is 0 Å². The number of nitrogens with one attached hydrogen (secondary N) is 1. The number of benzene rings is 1. The standard InChI is InChI=1S/C15H10N4O2/c20-15(12-8-21-13-4-2-1-3-11(12)13)17-10-5-6-14-18-16-9-19(14)7-10/h1-9H,(H,17,20). The Bertz CT molecular complexity index is 954. The van der Waals surface area contributed by atoms with E-state index in [1.165, 1.54) is 6.26 Å². The highest BCUT2D eigenvalue weighted by atomic mass is 16.3. The maximum atomic E-state index is 12.4. The number of nitrogens with zero attached hydrogens (tertiary/aromatic N) is 3. The second-order valence-electron chi connectivity index (χ2n) is 4.61. The van der Waals surface area contributed by atoms with Crippen LogP contribution in [0.15, 0.2) is 59.6 Å². The van der Waals surface area contributed by atoms with Gasteiger partial charge in [0.25, 0.3) is 5.91 Å². The lowest BCUT2D eigenvalue weighted by atomic mass is 10.1. The summed E-state index contributed by atoms with van der Waals surface area (Å²) in [7, 11) is 0. The van der Waals surface area contributed by atoms with Crippen LogP contribution in [0.1, 0.15) is 10.4 Å². The quantitative estimate of drug-likeness (QED) is 0.612. The van der Waals surface area contributed by atoms with Crippen molar-refractivity contribution in [3.63, 3.8) is 0 Å². The van der Waals surface area contributed by atoms with Gasteiger partial charge in [0.05, 0.1) is 11.3 Å². The van der Waals surface area contributed by atoms with Crippen molar-refractivity contribution in [3.8, 4) is 0 Å². The summed E-state index contributed by atoms with van der Waals surface area (Å²) in [4.78, 5) is 12.4. The smallest absolute Gasteiger partial charge is 0.259 e. The van der Waals surface area contributed by atoms with Crippen LogP contribution in [-0.2, 0) is 0 Å². The molecule has 0 saturated heterocycles. The van der Waals surface area contributed by atoms with E-state index in [0.717, 1.165) is 11.0 Å². The molecule has 3 heterocycles. The molecule has 3 aromatic heterocycles. The zero-order valence-electron chi connectivity index (χ0n) is 10.9. The van der Waals surface area contributed by atoms with E-state index in [9.17, 15) is 4.79 Å². The fraction of sp³-hybridized carbons (Fsp3) is 0. The molecule has 0 aliphatic carbocycles. The number of hydrogen-bond donors (Lipinski definition) is 1. The molecule has 0 radical (unpaired) electrons. The van der Waals surface area contributed by atoms with Gasteiger partial charge in [0, 0.05) is 11.6 Å². The summed E-state index contributed by atoms with van der Waals surface area (Å²) in [5.41, 5.74) is 2.59. The molecule has 102 valence electrons. The topological polar surface area (TPSA) is 72.4 Å². The van der Waals surface area contributed by atoms with E-state index < -0.39 is 0 Å². The van der Waals surface area contributed by atoms with E-state index >= 15 is 0 Å². The molecule has 0 bridgehead atoms. The van der Waals surface area contributed by atoms with Gasteiger partial charge >= 0.3 is 0 Å². The SMILES string of the molecule is O=C(Nc1ccc2nncn2c1)c1coc2ccccc12. The first-order chi connectivity index (χ1) is 10.3. The predicted molar refractivity (Wildman–Crippen MR) is 77.2 cm³/mol. The fourth-order valence-electron chi connectivity index (χ4n) is 2.25. The highest BCUT2D eigenvalue weighted by molar-refractivity contribution is 6.12. The highest BCUT2D eigenvalue weighted by Gasteiger charge is 2.13. The third-order valence-electron chi connectivity index (χ3n) is 3.27. The average molecular weight is 278 g/mol. The maximum Gasteiger partial charge on any atom is 0.259 e. The van der Waals surface area contributed by atoms with Gasteiger partial charge < -0.3 is 9.73 Å². The first kappa shape index (κ1) is 11.7. The normalized spacial score (nSPS) is 11.0. The Hall–Kier alpha value is -3.15. The second kappa shape index (κ2) is 4.45. The summed E-state index contributed by atoms with van der Waals surface area (Å²) in [6, 6.07) is 11.0. The van der Waals surface area contributed by atoms with Crippen molar-refractivity contribution < 1.29 is 9.21 Å². The minimum absolute atomic E-state index is 0.215. The molecule has 0 saturated carbocycles. The molecule has 6 nitrogen and oxygen atoms in total. The number of rotatable bonds is 2. The Morgan fingerprint density at radius 2 is 2.10 bits per heavy atom. The van der Waals surface area contributed by atoms with Gasteiger partial charge in [-0.2, -0.15) is 0 Å². The van der Waals surface area contributed by atoms with Crippen molar-refractivity contribution in [2.75, 3.05) is 5.32 Å². The summed E-state index contributed by atoms with van der Waals surface area (Å²) in [5.74, 6) is -0.215. The molecule has 0 unspecified atom stereocenters. The third kappa shape index (κ3) is 1.93. The molecule has 21 heavy (non-hydrogen) atoms. The minimum atomic E-state index is -0.215. The molecule has 0 fully saturated rings. The lowest BCUT2D eigenvalue weighted by Gasteiger charge is -2.04. The molecular formula is C15H10N4O2. The lowest BCUT2D eigenvalue weighted by molar-refractivity contribution is 0.102. The average Bonchev–Trinajstić information content (AvgIpc) is 3.13. The number of carbonyl (C=O) groups excluding carboxylic acids is 1. The molecule has 0 aliphatic rings. The van der Waals surface area contributed by atoms with E-state index in [1.54, 1.807) is 29.1 Å². The van der Waals surface area contributed by atoms with Crippen LogP contribution in [0, 0.1) is 0 Å². The van der Waals surface area contributed by atoms with Crippen LogP contribution < -0.4 is 5.32 Å². The van der Waals surface area contributed by atoms with Gasteiger partial charge in [0.1, 0.15) is 18.2 Å². The molecule has 6 heteroatoms. The molecule has 0 aliphatic heterocycles. The van der Waals surface area contributed by atoms with E-state index in [2.05, 4.69) is 15.5 Å². The lowest BCUT2D eigenvalue weighted by Crippen LogP contribution is -2.11. The van der Waals surface area contributed by atoms with Crippen LogP contribution in [0.5, 0.6) is 0 Å². The largest absolute Gasteiger partial charge is 0.463 e. The second-order valence-corrected chi connectivity index (χ2v) is 4.61. The Labute approximate surface area is 119 Å². The molecule has 4 rings (SSSR count). The number of para-hydroxylation sites is 1. The van der Waals surface area contributed by atoms with Crippen molar-refractivity contribution in [1.82, 2.24) is 14.6 Å². The van der Waals surface area contributed by atoms with Gasteiger partial charge in [-0.15, -0.1) is 10.2 Å². The van der Waals surface area contributed by atoms with Crippen molar-refractivity contribution >= 4 is 28.2 Å². The summed E-state index contributed by atoms with van der Waals surface area (Å²) in [6.45, 7) is 0. The molecule has 0 atom stereocenters. The maximum absolute atomic E-state index is 12.4. The van der Waals surface area contributed by atoms with Crippen molar-refractivity contribution in [3.05, 3.63) is 60.7 Å². The van der Waals surface area contributed by atoms with Crippen LogP contribution in [-0.4, -0.2) is 20.5 Å². The highest BCUT2D eigenvalue weighted by Crippen LogP contribution is 2.21. The van der Waals surface area contributed by atoms with Crippen LogP contribution in [0.4, 0.5) is 5.69 Å². The van der Waals surface area contributed by atoms with Crippen molar-refractivity contribution in [2.24, 2.45) is 0 Å². The number of pyridine rings is 1. The Morgan fingerprint density at radius 1 is 1.19 bits per heavy atom. The molecule has 0 spiro atoms. The molecule has 1 N–H and O–H groups in total. The van der Waals surface area contributed by atoms with E-state index in [4.69, 9.17) is 4.42 Å². The number of anilines is 1. The van der Waals surface area contributed by atoms with Crippen molar-refractivity contribution in [2.45, 2.75) is 0 Å². The van der Waals surface area contributed by atoms with Gasteiger partial charge in [-0.1, -0.05) is 18.2 Å². The zero-order chi connectivity index (χ0) is 14.2. The Kier molecular flexibility index (Phi) is 2.47. The monoisotopic (exact) mass is 278 g/mol. The van der Waals surface area contributed by atoms with Crippen LogP contribution in [0.2, 0.25) is 0 Å². The van der Waals surface area contributed by atoms with Gasteiger partial charge in [-0.3, -0.25) is 9.20 Å². The van der Waals surface area contributed by atoms with E-state index in [1.807, 2.05) is 24.3 Å². The summed E-state index contributed by atoms with van der Waals surface area (Å²) in [5, 5.41) is 11.3. The summed E-state index contributed by atoms with van der Waals surface area (Å²) < 4.78 is 7.12. The zero-order valence-corrected chi connectivity index (χ0v) is 10.9. The third-order valence-corrected chi connectivity index (χ3v) is 3.27. The molecule has 4 aromatic rings. The Balaban J connectivity index is 1.68. The van der Waals surface area contributed by atoms with E-state index in [-0.39, 0.29) is 5.91 Å². The first-order valence-corrected chi connectivity index (χ1v) is 6.38. The number of hydrogen-bond acceptors (Lipinski definition) is 4. The minimum Gasteiger partial charge on any atom is -0.463 e. The molecule has 1 aromatic carbocycles. The number of carbonyl (C=O) groups is 1. The first-order valence-electron chi connectivity index (χ1n) is 6.38. The van der Waals surface area contributed by atoms with Crippen LogP contribution in [0.3, 0.4) is 0 Å². The number of aromatic nitrogens is 3. The van der Waals surface area contributed by atoms with Gasteiger partial charge in [-0.05, 0) is 18.2 Å². The predicted octanol–water partition coefficient (Wildman–Crippen LogP) is 2.73. The van der Waals surface area contributed by atoms with Gasteiger partial charge in [0.2, 0.25) is 0 Å². The van der Waals surface area contributed by atoms with Crippen LogP contribution in [0.25, 0.3) is 16.6 Å². The molecule has 1 amide bonds.